The molecule has 0 saturated carbocycles. The molecule has 0 aliphatic carbocycles. The molecule has 108 valence electrons. The second-order valence-electron chi connectivity index (χ2n) is 5.20. The van der Waals surface area contributed by atoms with Crippen LogP contribution in [0.2, 0.25) is 0 Å². The first kappa shape index (κ1) is 15.3. The van der Waals surface area contributed by atoms with Gasteiger partial charge in [-0.3, -0.25) is 4.79 Å². The maximum atomic E-state index is 11.7. The number of amides is 3. The minimum absolute atomic E-state index is 0.0768. The first-order chi connectivity index (χ1) is 8.74. The normalized spacial score (nSPS) is 19.4. The fraction of sp³-hybridized carbons (Fsp3) is 0.750. The Morgan fingerprint density at radius 1 is 1.42 bits per heavy atom. The zero-order valence-electron chi connectivity index (χ0n) is 11.7. The number of nitrogens with one attached hydrogen (secondary N) is 1. The quantitative estimate of drug-likeness (QED) is 0.833. The summed E-state index contributed by atoms with van der Waals surface area (Å²) in [5.74, 6) is -0.363. The van der Waals surface area contributed by atoms with Gasteiger partial charge in [-0.25, -0.2) is 14.5 Å². The predicted octanol–water partition coefficient (Wildman–Crippen LogP) is 1.27. The third-order valence-corrected chi connectivity index (χ3v) is 2.38. The molecule has 1 aliphatic rings. The predicted molar refractivity (Wildman–Crippen MR) is 66.5 cm³/mol. The largest absolute Gasteiger partial charge is 0.444 e. The van der Waals surface area contributed by atoms with Gasteiger partial charge in [-0.05, 0) is 27.2 Å². The average molecular weight is 272 g/mol. The molecule has 1 N–H and O–H groups in total. The van der Waals surface area contributed by atoms with Crippen LogP contribution in [0.4, 0.5) is 9.59 Å². The fourth-order valence-electron chi connectivity index (χ4n) is 1.54. The van der Waals surface area contributed by atoms with Crippen molar-refractivity contribution in [2.45, 2.75) is 45.8 Å². The molecule has 1 saturated heterocycles. The molecule has 0 spiro atoms. The van der Waals surface area contributed by atoms with Crippen LogP contribution in [-0.4, -0.2) is 47.8 Å². The second kappa shape index (κ2) is 5.90. The number of carbonyl (C=O) groups excluding carboxylic acids is 3. The van der Waals surface area contributed by atoms with Crippen molar-refractivity contribution in [2.24, 2.45) is 0 Å². The van der Waals surface area contributed by atoms with Crippen molar-refractivity contribution in [3.63, 3.8) is 0 Å². The van der Waals surface area contributed by atoms with Gasteiger partial charge in [0.05, 0.1) is 0 Å². The van der Waals surface area contributed by atoms with E-state index in [0.29, 0.717) is 6.42 Å². The molecule has 1 rings (SSSR count). The highest BCUT2D eigenvalue weighted by Crippen LogP contribution is 2.14. The van der Waals surface area contributed by atoms with E-state index in [1.807, 2.05) is 0 Å². The number of carbonyl (C=O) groups is 3. The van der Waals surface area contributed by atoms with E-state index in [4.69, 9.17) is 9.47 Å². The molecule has 1 atom stereocenters. The standard InChI is InChI=1S/C12H20N2O5/c1-5-8-9(15)14(11(17)18-8)7-6-13-10(16)19-12(2,3)4/h8H,5-7H2,1-4H3,(H,13,16)/t8-/m1/s1. The van der Waals surface area contributed by atoms with Gasteiger partial charge in [-0.15, -0.1) is 0 Å². The van der Waals surface area contributed by atoms with Gasteiger partial charge in [0.1, 0.15) is 5.60 Å². The molecule has 1 aliphatic heterocycles. The minimum atomic E-state index is -0.700. The number of imide groups is 1. The summed E-state index contributed by atoms with van der Waals surface area (Å²) in [5, 5.41) is 2.48. The van der Waals surface area contributed by atoms with Gasteiger partial charge in [-0.1, -0.05) is 6.92 Å². The molecular weight excluding hydrogens is 252 g/mol. The number of cyclic esters (lactones) is 1. The summed E-state index contributed by atoms with van der Waals surface area (Å²) in [6, 6.07) is 0. The number of hydrogen-bond acceptors (Lipinski definition) is 5. The SMILES string of the molecule is CC[C@H]1OC(=O)N(CCNC(=O)OC(C)(C)C)C1=O. The molecular formula is C12H20N2O5. The third kappa shape index (κ3) is 4.42. The van der Waals surface area contributed by atoms with E-state index >= 15 is 0 Å². The summed E-state index contributed by atoms with van der Waals surface area (Å²) in [5.41, 5.74) is -0.584. The average Bonchev–Trinajstić information content (AvgIpc) is 2.53. The van der Waals surface area contributed by atoms with Crippen molar-refractivity contribution in [3.05, 3.63) is 0 Å². The van der Waals surface area contributed by atoms with Crippen LogP contribution in [0.5, 0.6) is 0 Å². The van der Waals surface area contributed by atoms with E-state index in [0.717, 1.165) is 4.90 Å². The zero-order chi connectivity index (χ0) is 14.6. The first-order valence-corrected chi connectivity index (χ1v) is 6.23. The third-order valence-electron chi connectivity index (χ3n) is 2.38. The Morgan fingerprint density at radius 3 is 2.53 bits per heavy atom. The van der Waals surface area contributed by atoms with Crippen LogP contribution < -0.4 is 5.32 Å². The molecule has 3 amide bonds. The van der Waals surface area contributed by atoms with Crippen molar-refractivity contribution < 1.29 is 23.9 Å². The minimum Gasteiger partial charge on any atom is -0.444 e. The molecule has 1 heterocycles. The molecule has 0 aromatic rings. The lowest BCUT2D eigenvalue weighted by Gasteiger charge is -2.20. The molecule has 7 nitrogen and oxygen atoms in total. The maximum Gasteiger partial charge on any atom is 0.417 e. The summed E-state index contributed by atoms with van der Waals surface area (Å²) >= 11 is 0. The maximum absolute atomic E-state index is 11.7. The molecule has 19 heavy (non-hydrogen) atoms. The van der Waals surface area contributed by atoms with Gasteiger partial charge in [0.2, 0.25) is 0 Å². The summed E-state index contributed by atoms with van der Waals surface area (Å²) in [6.07, 6.45) is -1.50. The Labute approximate surface area is 112 Å². The van der Waals surface area contributed by atoms with Gasteiger partial charge >= 0.3 is 12.2 Å². The van der Waals surface area contributed by atoms with Crippen molar-refractivity contribution in [3.8, 4) is 0 Å². The Hall–Kier alpha value is -1.79. The van der Waals surface area contributed by atoms with Crippen molar-refractivity contribution >= 4 is 18.1 Å². The van der Waals surface area contributed by atoms with Gasteiger partial charge < -0.3 is 14.8 Å². The molecule has 0 unspecified atom stereocenters. The van der Waals surface area contributed by atoms with Crippen LogP contribution in [0.15, 0.2) is 0 Å². The van der Waals surface area contributed by atoms with Crippen molar-refractivity contribution in [1.29, 1.82) is 0 Å². The molecule has 0 aromatic carbocycles. The topological polar surface area (TPSA) is 84.9 Å². The van der Waals surface area contributed by atoms with Crippen LogP contribution >= 0.6 is 0 Å². The molecule has 7 heteroatoms. The second-order valence-corrected chi connectivity index (χ2v) is 5.20. The molecule has 0 aromatic heterocycles. The highest BCUT2D eigenvalue weighted by atomic mass is 16.6. The highest BCUT2D eigenvalue weighted by molar-refractivity contribution is 6.00. The Morgan fingerprint density at radius 2 is 2.05 bits per heavy atom. The molecule has 0 bridgehead atoms. The molecule has 1 fully saturated rings. The van der Waals surface area contributed by atoms with Crippen LogP contribution in [0.1, 0.15) is 34.1 Å². The van der Waals surface area contributed by atoms with Crippen LogP contribution in [0.3, 0.4) is 0 Å². The lowest BCUT2D eigenvalue weighted by atomic mass is 10.2. The van der Waals surface area contributed by atoms with E-state index < -0.39 is 23.9 Å². The van der Waals surface area contributed by atoms with E-state index in [2.05, 4.69) is 5.32 Å². The lowest BCUT2D eigenvalue weighted by molar-refractivity contribution is -0.129. The highest BCUT2D eigenvalue weighted by Gasteiger charge is 2.38. The number of rotatable bonds is 4. The van der Waals surface area contributed by atoms with Gasteiger partial charge in [0, 0.05) is 13.1 Å². The van der Waals surface area contributed by atoms with Crippen LogP contribution in [0, 0.1) is 0 Å². The van der Waals surface area contributed by atoms with Crippen LogP contribution in [0.25, 0.3) is 0 Å². The Kier molecular flexibility index (Phi) is 4.74. The number of hydrogen-bond donors (Lipinski definition) is 1. The van der Waals surface area contributed by atoms with E-state index in [1.54, 1.807) is 27.7 Å². The summed E-state index contributed by atoms with van der Waals surface area (Å²) in [7, 11) is 0. The van der Waals surface area contributed by atoms with Gasteiger partial charge in [-0.2, -0.15) is 0 Å². The van der Waals surface area contributed by atoms with E-state index in [1.165, 1.54) is 0 Å². The lowest BCUT2D eigenvalue weighted by Crippen LogP contribution is -2.40. The number of ether oxygens (including phenoxy) is 2. The Bertz CT molecular complexity index is 375. The fourth-order valence-corrected chi connectivity index (χ4v) is 1.54. The smallest absolute Gasteiger partial charge is 0.417 e. The zero-order valence-corrected chi connectivity index (χ0v) is 11.7. The molecule has 0 radical (unpaired) electrons. The van der Waals surface area contributed by atoms with E-state index in [-0.39, 0.29) is 19.0 Å². The van der Waals surface area contributed by atoms with Crippen molar-refractivity contribution in [2.75, 3.05) is 13.1 Å². The number of alkyl carbamates (subject to hydrolysis) is 1. The summed E-state index contributed by atoms with van der Waals surface area (Å²) in [4.78, 5) is 35.4. The van der Waals surface area contributed by atoms with Crippen molar-refractivity contribution in [1.82, 2.24) is 10.2 Å². The van der Waals surface area contributed by atoms with Crippen LogP contribution in [-0.2, 0) is 14.3 Å². The van der Waals surface area contributed by atoms with Gasteiger partial charge in [0.25, 0.3) is 5.91 Å². The number of nitrogens with zero attached hydrogens (tertiary/aromatic N) is 1. The van der Waals surface area contributed by atoms with E-state index in [9.17, 15) is 14.4 Å². The summed E-state index contributed by atoms with van der Waals surface area (Å²) in [6.45, 7) is 7.22. The summed E-state index contributed by atoms with van der Waals surface area (Å²) < 4.78 is 9.90. The Balaban J connectivity index is 2.36. The first-order valence-electron chi connectivity index (χ1n) is 6.23. The van der Waals surface area contributed by atoms with Gasteiger partial charge in [0.15, 0.2) is 6.10 Å². The monoisotopic (exact) mass is 272 g/mol.